The van der Waals surface area contributed by atoms with Gasteiger partial charge in [-0.2, -0.15) is 0 Å². The van der Waals surface area contributed by atoms with E-state index < -0.39 is 5.97 Å². The fraction of sp³-hybridized carbons (Fsp3) is 0.529. The summed E-state index contributed by atoms with van der Waals surface area (Å²) in [4.78, 5) is 29.9. The third-order valence-corrected chi connectivity index (χ3v) is 3.91. The van der Waals surface area contributed by atoms with Crippen LogP contribution in [-0.4, -0.2) is 44.6 Å². The summed E-state index contributed by atoms with van der Waals surface area (Å²) in [5, 5.41) is 13.4. The van der Waals surface area contributed by atoms with Gasteiger partial charge < -0.3 is 14.5 Å². The second-order valence-corrected chi connectivity index (χ2v) is 6.43. The largest absolute Gasteiger partial charge is 0.481 e. The number of carbonyl (C=O) groups is 2. The zero-order chi connectivity index (χ0) is 18.0. The molecule has 2 rings (SSSR count). The van der Waals surface area contributed by atoms with E-state index in [0.29, 0.717) is 22.4 Å². The second-order valence-electron chi connectivity index (χ2n) is 6.43. The number of aryl methyl sites for hydroxylation is 1. The highest BCUT2D eigenvalue weighted by atomic mass is 16.5. The number of amides is 1. The maximum atomic E-state index is 13.1. The molecule has 0 aliphatic heterocycles. The third kappa shape index (κ3) is 3.55. The molecule has 1 N–H and O–H groups in total. The van der Waals surface area contributed by atoms with Gasteiger partial charge in [-0.15, -0.1) is 0 Å². The Kier molecular flexibility index (Phi) is 5.21. The lowest BCUT2D eigenvalue weighted by molar-refractivity contribution is -0.137. The normalized spacial score (nSPS) is 11.5. The molecule has 0 saturated heterocycles. The van der Waals surface area contributed by atoms with Crippen molar-refractivity contribution in [3.63, 3.8) is 0 Å². The van der Waals surface area contributed by atoms with Crippen molar-refractivity contribution in [3.8, 4) is 0 Å². The van der Waals surface area contributed by atoms with Crippen molar-refractivity contribution in [3.05, 3.63) is 23.0 Å². The smallest absolute Gasteiger partial charge is 0.305 e. The third-order valence-electron chi connectivity index (χ3n) is 3.91. The number of aliphatic carboxylic acids is 1. The Labute approximate surface area is 140 Å². The minimum absolute atomic E-state index is 0.0994. The fourth-order valence-corrected chi connectivity index (χ4v) is 2.54. The number of carbonyl (C=O) groups excluding carboxylic acids is 1. The van der Waals surface area contributed by atoms with Gasteiger partial charge in [-0.25, -0.2) is 4.98 Å². The number of fused-ring (bicyclic) bond motifs is 1. The van der Waals surface area contributed by atoms with Gasteiger partial charge in [-0.3, -0.25) is 9.59 Å². The Morgan fingerprint density at radius 2 is 1.96 bits per heavy atom. The number of hydrogen-bond acceptors (Lipinski definition) is 5. The van der Waals surface area contributed by atoms with Gasteiger partial charge in [0.15, 0.2) is 0 Å². The van der Waals surface area contributed by atoms with Crippen LogP contribution in [0.5, 0.6) is 0 Å². The molecule has 0 aliphatic rings. The Bertz CT molecular complexity index is 765. The molecule has 0 spiro atoms. The molecule has 0 radical (unpaired) electrons. The van der Waals surface area contributed by atoms with Crippen LogP contribution >= 0.6 is 0 Å². The van der Waals surface area contributed by atoms with Gasteiger partial charge in [0.25, 0.3) is 11.6 Å². The molecule has 24 heavy (non-hydrogen) atoms. The summed E-state index contributed by atoms with van der Waals surface area (Å²) in [7, 11) is 0. The molecule has 0 unspecified atom stereocenters. The van der Waals surface area contributed by atoms with Crippen LogP contribution in [0.3, 0.4) is 0 Å². The van der Waals surface area contributed by atoms with Crippen LogP contribution in [0.1, 0.15) is 61.8 Å². The van der Waals surface area contributed by atoms with Crippen LogP contribution in [0.4, 0.5) is 0 Å². The highest BCUT2D eigenvalue weighted by molar-refractivity contribution is 6.06. The Morgan fingerprint density at radius 1 is 1.29 bits per heavy atom. The minimum atomic E-state index is -0.933. The van der Waals surface area contributed by atoms with Crippen LogP contribution in [0.15, 0.2) is 10.6 Å². The van der Waals surface area contributed by atoms with E-state index in [1.54, 1.807) is 17.9 Å². The second kappa shape index (κ2) is 6.98. The van der Waals surface area contributed by atoms with Crippen molar-refractivity contribution in [2.45, 2.75) is 53.0 Å². The standard InChI is InChI=1S/C17H23N3O4/c1-9(2)13-8-12(15-11(5)19-24-16(15)18-13)17(23)20(10(3)4)7-6-14(21)22/h8-10H,6-7H2,1-5H3,(H,21,22). The van der Waals surface area contributed by atoms with Gasteiger partial charge in [-0.05, 0) is 32.8 Å². The van der Waals surface area contributed by atoms with Crippen LogP contribution in [0.2, 0.25) is 0 Å². The van der Waals surface area contributed by atoms with Gasteiger partial charge in [0, 0.05) is 18.3 Å². The first-order chi connectivity index (χ1) is 11.2. The van der Waals surface area contributed by atoms with Gasteiger partial charge in [0.05, 0.1) is 23.1 Å². The van der Waals surface area contributed by atoms with Crippen molar-refractivity contribution in [1.29, 1.82) is 0 Å². The number of carboxylic acids is 1. The molecule has 0 saturated carbocycles. The first kappa shape index (κ1) is 17.9. The average Bonchev–Trinajstić information content (AvgIpc) is 2.87. The number of hydrogen-bond donors (Lipinski definition) is 1. The SMILES string of the molecule is Cc1noc2nc(C(C)C)cc(C(=O)N(CCC(=O)O)C(C)C)c12. The quantitative estimate of drug-likeness (QED) is 0.873. The molecule has 0 fully saturated rings. The lowest BCUT2D eigenvalue weighted by Gasteiger charge is -2.26. The summed E-state index contributed by atoms with van der Waals surface area (Å²) in [6.45, 7) is 9.60. The van der Waals surface area contributed by atoms with Gasteiger partial charge in [0.2, 0.25) is 0 Å². The van der Waals surface area contributed by atoms with Crippen molar-refractivity contribution >= 4 is 23.0 Å². The number of aromatic nitrogens is 2. The molecule has 0 bridgehead atoms. The summed E-state index contributed by atoms with van der Waals surface area (Å²) < 4.78 is 5.24. The summed E-state index contributed by atoms with van der Waals surface area (Å²) in [6.07, 6.45) is -0.0994. The van der Waals surface area contributed by atoms with Crippen LogP contribution in [-0.2, 0) is 4.79 Å². The molecule has 0 aliphatic carbocycles. The summed E-state index contributed by atoms with van der Waals surface area (Å²) in [6, 6.07) is 1.64. The molecule has 0 atom stereocenters. The molecule has 130 valence electrons. The Morgan fingerprint density at radius 3 is 2.50 bits per heavy atom. The molecular formula is C17H23N3O4. The van der Waals surface area contributed by atoms with E-state index in [1.165, 1.54) is 0 Å². The summed E-state index contributed by atoms with van der Waals surface area (Å²) >= 11 is 0. The predicted octanol–water partition coefficient (Wildman–Crippen LogP) is 2.98. The molecular weight excluding hydrogens is 310 g/mol. The molecule has 2 aromatic rings. The Hall–Kier alpha value is -2.44. The predicted molar refractivity (Wildman–Crippen MR) is 89.1 cm³/mol. The monoisotopic (exact) mass is 333 g/mol. The van der Waals surface area contributed by atoms with Crippen LogP contribution in [0.25, 0.3) is 11.1 Å². The molecule has 7 nitrogen and oxygen atoms in total. The summed E-state index contributed by atoms with van der Waals surface area (Å²) in [5.74, 6) is -1.04. The van der Waals surface area contributed by atoms with E-state index in [2.05, 4.69) is 10.1 Å². The average molecular weight is 333 g/mol. The number of carboxylic acid groups (broad SMARTS) is 1. The van der Waals surface area contributed by atoms with Gasteiger partial charge in [-0.1, -0.05) is 19.0 Å². The highest BCUT2D eigenvalue weighted by Crippen LogP contribution is 2.26. The van der Waals surface area contributed by atoms with Crippen LogP contribution in [0, 0.1) is 6.92 Å². The van der Waals surface area contributed by atoms with E-state index >= 15 is 0 Å². The minimum Gasteiger partial charge on any atom is -0.481 e. The maximum Gasteiger partial charge on any atom is 0.305 e. The van der Waals surface area contributed by atoms with Crippen molar-refractivity contribution < 1.29 is 19.2 Å². The number of rotatable bonds is 6. The molecule has 7 heteroatoms. The molecule has 0 aromatic carbocycles. The zero-order valence-electron chi connectivity index (χ0n) is 14.7. The summed E-state index contributed by atoms with van der Waals surface area (Å²) in [5.41, 5.74) is 2.13. The van der Waals surface area contributed by atoms with E-state index in [4.69, 9.17) is 9.63 Å². The van der Waals surface area contributed by atoms with E-state index in [9.17, 15) is 9.59 Å². The number of nitrogens with zero attached hydrogens (tertiary/aromatic N) is 3. The number of pyridine rings is 1. The van der Waals surface area contributed by atoms with Crippen molar-refractivity contribution in [2.24, 2.45) is 0 Å². The lowest BCUT2D eigenvalue weighted by atomic mass is 10.0. The molecule has 2 heterocycles. The Balaban J connectivity index is 2.53. The zero-order valence-corrected chi connectivity index (χ0v) is 14.7. The van der Waals surface area contributed by atoms with E-state index in [0.717, 1.165) is 5.69 Å². The highest BCUT2D eigenvalue weighted by Gasteiger charge is 2.25. The topological polar surface area (TPSA) is 96.5 Å². The van der Waals surface area contributed by atoms with Crippen LogP contribution < -0.4 is 0 Å². The molecule has 1 amide bonds. The van der Waals surface area contributed by atoms with E-state index in [1.807, 2.05) is 27.7 Å². The van der Waals surface area contributed by atoms with Gasteiger partial charge >= 0.3 is 5.97 Å². The first-order valence-electron chi connectivity index (χ1n) is 8.02. The fourth-order valence-electron chi connectivity index (χ4n) is 2.54. The lowest BCUT2D eigenvalue weighted by Crippen LogP contribution is -2.38. The van der Waals surface area contributed by atoms with Gasteiger partial charge in [0.1, 0.15) is 0 Å². The van der Waals surface area contributed by atoms with Crippen molar-refractivity contribution in [2.75, 3.05) is 6.54 Å². The van der Waals surface area contributed by atoms with Crippen molar-refractivity contribution in [1.82, 2.24) is 15.0 Å². The first-order valence-corrected chi connectivity index (χ1v) is 8.02. The van der Waals surface area contributed by atoms with E-state index in [-0.39, 0.29) is 30.8 Å². The maximum absolute atomic E-state index is 13.1. The molecule has 2 aromatic heterocycles.